The highest BCUT2D eigenvalue weighted by Gasteiger charge is 2.08. The van der Waals surface area contributed by atoms with E-state index in [1.807, 2.05) is 12.1 Å². The Morgan fingerprint density at radius 1 is 0.619 bits per heavy atom. The molecule has 4 aromatic rings. The third kappa shape index (κ3) is 1.93. The average molecular weight is 272 g/mol. The SMILES string of the molecule is Cc1ccc(-c2ccc3oc4ccccc4c3c2)cc1C. The molecule has 0 spiro atoms. The average Bonchev–Trinajstić information content (AvgIpc) is 2.88. The standard InChI is InChI=1S/C20H16O/c1-13-7-8-15(11-14(13)2)16-9-10-20-18(12-16)17-5-3-4-6-19(17)21-20/h3-12H,1-2H3. The van der Waals surface area contributed by atoms with Gasteiger partial charge in [0.1, 0.15) is 11.2 Å². The van der Waals surface area contributed by atoms with Crippen LogP contribution >= 0.6 is 0 Å². The molecule has 1 heterocycles. The number of furan rings is 1. The van der Waals surface area contributed by atoms with Crippen molar-refractivity contribution in [1.82, 2.24) is 0 Å². The van der Waals surface area contributed by atoms with Crippen molar-refractivity contribution >= 4 is 21.9 Å². The molecule has 0 radical (unpaired) electrons. The largest absolute Gasteiger partial charge is 0.456 e. The van der Waals surface area contributed by atoms with Crippen molar-refractivity contribution in [3.05, 3.63) is 71.8 Å². The molecule has 0 aliphatic rings. The van der Waals surface area contributed by atoms with Gasteiger partial charge in [0, 0.05) is 10.8 Å². The van der Waals surface area contributed by atoms with Gasteiger partial charge in [0.05, 0.1) is 0 Å². The van der Waals surface area contributed by atoms with Crippen LogP contribution < -0.4 is 0 Å². The number of rotatable bonds is 1. The molecule has 0 saturated carbocycles. The van der Waals surface area contributed by atoms with E-state index < -0.39 is 0 Å². The van der Waals surface area contributed by atoms with E-state index >= 15 is 0 Å². The van der Waals surface area contributed by atoms with Crippen LogP contribution in [0.3, 0.4) is 0 Å². The monoisotopic (exact) mass is 272 g/mol. The zero-order valence-electron chi connectivity index (χ0n) is 12.2. The molecule has 0 amide bonds. The molecule has 21 heavy (non-hydrogen) atoms. The minimum Gasteiger partial charge on any atom is -0.456 e. The van der Waals surface area contributed by atoms with Crippen molar-refractivity contribution in [2.75, 3.05) is 0 Å². The highest BCUT2D eigenvalue weighted by Crippen LogP contribution is 2.32. The smallest absolute Gasteiger partial charge is 0.135 e. The second-order valence-electron chi connectivity index (χ2n) is 5.61. The van der Waals surface area contributed by atoms with Crippen LogP contribution in [0.5, 0.6) is 0 Å². The van der Waals surface area contributed by atoms with Gasteiger partial charge in [-0.2, -0.15) is 0 Å². The molecule has 0 saturated heterocycles. The molecule has 1 heteroatoms. The topological polar surface area (TPSA) is 13.1 Å². The summed E-state index contributed by atoms with van der Waals surface area (Å²) < 4.78 is 5.89. The van der Waals surface area contributed by atoms with Crippen LogP contribution in [0.25, 0.3) is 33.1 Å². The number of benzene rings is 3. The van der Waals surface area contributed by atoms with Crippen molar-refractivity contribution in [2.45, 2.75) is 13.8 Å². The molecule has 0 bridgehead atoms. The second kappa shape index (κ2) is 4.49. The fourth-order valence-corrected chi connectivity index (χ4v) is 2.83. The zero-order chi connectivity index (χ0) is 14.4. The Balaban J connectivity index is 1.97. The fraction of sp³-hybridized carbons (Fsp3) is 0.100. The summed E-state index contributed by atoms with van der Waals surface area (Å²) in [5, 5.41) is 2.36. The highest BCUT2D eigenvalue weighted by atomic mass is 16.3. The van der Waals surface area contributed by atoms with Crippen LogP contribution in [0.15, 0.2) is 65.1 Å². The molecule has 3 aromatic carbocycles. The van der Waals surface area contributed by atoms with Crippen LogP contribution in [0.4, 0.5) is 0 Å². The lowest BCUT2D eigenvalue weighted by Crippen LogP contribution is -1.83. The Kier molecular flexibility index (Phi) is 2.61. The summed E-state index contributed by atoms with van der Waals surface area (Å²) in [6.45, 7) is 4.30. The predicted molar refractivity (Wildman–Crippen MR) is 88.6 cm³/mol. The van der Waals surface area contributed by atoms with Crippen LogP contribution in [0.1, 0.15) is 11.1 Å². The fourth-order valence-electron chi connectivity index (χ4n) is 2.83. The van der Waals surface area contributed by atoms with Gasteiger partial charge in [-0.1, -0.05) is 42.5 Å². The van der Waals surface area contributed by atoms with Crippen LogP contribution in [-0.4, -0.2) is 0 Å². The molecule has 0 atom stereocenters. The van der Waals surface area contributed by atoms with Crippen LogP contribution in [0, 0.1) is 13.8 Å². The first-order valence-electron chi connectivity index (χ1n) is 7.21. The van der Waals surface area contributed by atoms with Crippen molar-refractivity contribution in [1.29, 1.82) is 0 Å². The molecule has 1 nitrogen and oxygen atoms in total. The van der Waals surface area contributed by atoms with E-state index in [0.29, 0.717) is 0 Å². The summed E-state index contributed by atoms with van der Waals surface area (Å²) in [6, 6.07) is 21.2. The number of aryl methyl sites for hydroxylation is 2. The third-order valence-electron chi connectivity index (χ3n) is 4.22. The number of hydrogen-bond donors (Lipinski definition) is 0. The first-order valence-corrected chi connectivity index (χ1v) is 7.21. The lowest BCUT2D eigenvalue weighted by Gasteiger charge is -2.05. The first kappa shape index (κ1) is 12.2. The van der Waals surface area contributed by atoms with Gasteiger partial charge >= 0.3 is 0 Å². The van der Waals surface area contributed by atoms with E-state index in [2.05, 4.69) is 62.4 Å². The van der Waals surface area contributed by atoms with Crippen molar-refractivity contribution in [3.63, 3.8) is 0 Å². The maximum atomic E-state index is 5.89. The van der Waals surface area contributed by atoms with Gasteiger partial charge in [0.25, 0.3) is 0 Å². The van der Waals surface area contributed by atoms with Crippen molar-refractivity contribution < 1.29 is 4.42 Å². The minimum absolute atomic E-state index is 0.948. The van der Waals surface area contributed by atoms with E-state index in [1.165, 1.54) is 33.0 Å². The molecule has 0 aliphatic heterocycles. The number of para-hydroxylation sites is 1. The Bertz CT molecular complexity index is 960. The van der Waals surface area contributed by atoms with Crippen molar-refractivity contribution in [3.8, 4) is 11.1 Å². The number of fused-ring (bicyclic) bond motifs is 3. The Morgan fingerprint density at radius 2 is 1.33 bits per heavy atom. The summed E-state index contributed by atoms with van der Waals surface area (Å²) in [5.41, 5.74) is 7.04. The molecule has 0 unspecified atom stereocenters. The van der Waals surface area contributed by atoms with Crippen LogP contribution in [0.2, 0.25) is 0 Å². The van der Waals surface area contributed by atoms with Gasteiger partial charge < -0.3 is 4.42 Å². The molecule has 102 valence electrons. The maximum Gasteiger partial charge on any atom is 0.135 e. The first-order chi connectivity index (χ1) is 10.2. The lowest BCUT2D eigenvalue weighted by molar-refractivity contribution is 0.669. The van der Waals surface area contributed by atoms with Gasteiger partial charge in [-0.05, 0) is 54.3 Å². The van der Waals surface area contributed by atoms with Gasteiger partial charge in [-0.25, -0.2) is 0 Å². The number of hydrogen-bond acceptors (Lipinski definition) is 1. The van der Waals surface area contributed by atoms with Crippen LogP contribution in [-0.2, 0) is 0 Å². The summed E-state index contributed by atoms with van der Waals surface area (Å²) in [4.78, 5) is 0. The molecular weight excluding hydrogens is 256 g/mol. The Labute approximate surface area is 123 Å². The van der Waals surface area contributed by atoms with E-state index in [9.17, 15) is 0 Å². The summed E-state index contributed by atoms with van der Waals surface area (Å²) in [5.74, 6) is 0. The maximum absolute atomic E-state index is 5.89. The third-order valence-corrected chi connectivity index (χ3v) is 4.22. The molecule has 0 aliphatic carbocycles. The van der Waals surface area contributed by atoms with Gasteiger partial charge in [0.2, 0.25) is 0 Å². The molecular formula is C20H16O. The highest BCUT2D eigenvalue weighted by molar-refractivity contribution is 6.06. The van der Waals surface area contributed by atoms with Gasteiger partial charge in [0.15, 0.2) is 0 Å². The molecule has 0 N–H and O–H groups in total. The Morgan fingerprint density at radius 3 is 2.19 bits per heavy atom. The van der Waals surface area contributed by atoms with E-state index in [1.54, 1.807) is 0 Å². The predicted octanol–water partition coefficient (Wildman–Crippen LogP) is 5.87. The van der Waals surface area contributed by atoms with Gasteiger partial charge in [-0.15, -0.1) is 0 Å². The zero-order valence-corrected chi connectivity index (χ0v) is 12.2. The van der Waals surface area contributed by atoms with E-state index in [4.69, 9.17) is 4.42 Å². The quantitative estimate of drug-likeness (QED) is 0.422. The summed E-state index contributed by atoms with van der Waals surface area (Å²) in [7, 11) is 0. The second-order valence-corrected chi connectivity index (χ2v) is 5.61. The van der Waals surface area contributed by atoms with E-state index in [0.717, 1.165) is 11.2 Å². The van der Waals surface area contributed by atoms with Crippen molar-refractivity contribution in [2.24, 2.45) is 0 Å². The normalized spacial score (nSPS) is 11.3. The molecule has 4 rings (SSSR count). The Hall–Kier alpha value is -2.54. The molecule has 1 aromatic heterocycles. The summed E-state index contributed by atoms with van der Waals surface area (Å²) in [6.07, 6.45) is 0. The minimum atomic E-state index is 0.948. The lowest BCUT2D eigenvalue weighted by atomic mass is 9.99. The van der Waals surface area contributed by atoms with Gasteiger partial charge in [-0.3, -0.25) is 0 Å². The molecule has 0 fully saturated rings. The summed E-state index contributed by atoms with van der Waals surface area (Å²) >= 11 is 0. The van der Waals surface area contributed by atoms with E-state index in [-0.39, 0.29) is 0 Å².